The Balaban J connectivity index is 2.25. The van der Waals surface area contributed by atoms with E-state index < -0.39 is 0 Å². The first kappa shape index (κ1) is 14.8. The average molecular weight is 275 g/mol. The summed E-state index contributed by atoms with van der Waals surface area (Å²) in [7, 11) is 1.67. The molecule has 5 nitrogen and oxygen atoms in total. The van der Waals surface area contributed by atoms with Crippen molar-refractivity contribution in [3.63, 3.8) is 0 Å². The third-order valence-corrected chi connectivity index (χ3v) is 3.35. The van der Waals surface area contributed by atoms with Crippen molar-refractivity contribution in [2.45, 2.75) is 32.5 Å². The molecule has 108 valence electrons. The Kier molecular flexibility index (Phi) is 4.26. The molecule has 1 aliphatic rings. The lowest BCUT2D eigenvalue weighted by Crippen LogP contribution is -2.54. The summed E-state index contributed by atoms with van der Waals surface area (Å²) in [5.41, 5.74) is 1.12. The van der Waals surface area contributed by atoms with Gasteiger partial charge in [-0.15, -0.1) is 0 Å². The predicted molar refractivity (Wildman–Crippen MR) is 76.7 cm³/mol. The highest BCUT2D eigenvalue weighted by atomic mass is 16.5. The maximum Gasteiger partial charge on any atom is 0.145 e. The number of methoxy groups -OCH3 is 1. The van der Waals surface area contributed by atoms with E-state index in [2.05, 4.69) is 29.8 Å². The van der Waals surface area contributed by atoms with Crippen molar-refractivity contribution < 1.29 is 9.47 Å². The number of hydrogen-bond donors (Lipinski definition) is 0. The fourth-order valence-corrected chi connectivity index (χ4v) is 2.55. The Labute approximate surface area is 120 Å². The summed E-state index contributed by atoms with van der Waals surface area (Å²) >= 11 is 0. The van der Waals surface area contributed by atoms with Gasteiger partial charge in [-0.3, -0.25) is 0 Å². The molecule has 2 rings (SSSR count). The number of hydrogen-bond acceptors (Lipinski definition) is 5. The molecule has 1 aromatic heterocycles. The van der Waals surface area contributed by atoms with Crippen molar-refractivity contribution in [1.82, 2.24) is 4.98 Å². The minimum atomic E-state index is -0.263. The van der Waals surface area contributed by atoms with Crippen LogP contribution in [0, 0.1) is 18.3 Å². The zero-order chi connectivity index (χ0) is 14.8. The molecular weight excluding hydrogens is 254 g/mol. The van der Waals surface area contributed by atoms with Gasteiger partial charge in [-0.05, 0) is 32.4 Å². The molecule has 0 spiro atoms. The molecule has 1 aliphatic heterocycles. The van der Waals surface area contributed by atoms with E-state index >= 15 is 0 Å². The number of aromatic nitrogens is 1. The van der Waals surface area contributed by atoms with Gasteiger partial charge >= 0.3 is 0 Å². The summed E-state index contributed by atoms with van der Waals surface area (Å²) in [6.45, 7) is 8.03. The number of anilines is 1. The van der Waals surface area contributed by atoms with Crippen LogP contribution in [-0.4, -0.2) is 43.5 Å². The molecule has 0 N–H and O–H groups in total. The number of rotatable bonds is 3. The highest BCUT2D eigenvalue weighted by molar-refractivity contribution is 5.45. The van der Waals surface area contributed by atoms with E-state index in [4.69, 9.17) is 14.7 Å². The topological polar surface area (TPSA) is 58.4 Å². The Bertz CT molecular complexity index is 522. The van der Waals surface area contributed by atoms with Gasteiger partial charge in [-0.25, -0.2) is 4.98 Å². The molecule has 1 saturated heterocycles. The zero-order valence-corrected chi connectivity index (χ0v) is 12.5. The molecule has 1 aromatic rings. The minimum Gasteiger partial charge on any atom is -0.382 e. The highest BCUT2D eigenvalue weighted by Crippen LogP contribution is 2.25. The van der Waals surface area contributed by atoms with Crippen molar-refractivity contribution in [3.8, 4) is 6.07 Å². The van der Waals surface area contributed by atoms with Crippen LogP contribution in [0.3, 0.4) is 0 Å². The molecule has 2 heterocycles. The van der Waals surface area contributed by atoms with E-state index in [1.807, 2.05) is 19.1 Å². The second kappa shape index (κ2) is 5.78. The van der Waals surface area contributed by atoms with E-state index in [9.17, 15) is 0 Å². The van der Waals surface area contributed by atoms with Crippen LogP contribution in [0.5, 0.6) is 0 Å². The summed E-state index contributed by atoms with van der Waals surface area (Å²) in [6.07, 6.45) is 0.0115. The van der Waals surface area contributed by atoms with Crippen LogP contribution in [0.1, 0.15) is 25.1 Å². The number of nitrogens with zero attached hydrogens (tertiary/aromatic N) is 3. The van der Waals surface area contributed by atoms with Crippen LogP contribution in [0.2, 0.25) is 0 Å². The van der Waals surface area contributed by atoms with Gasteiger partial charge in [0, 0.05) is 20.2 Å². The van der Waals surface area contributed by atoms with Crippen molar-refractivity contribution >= 4 is 5.82 Å². The first-order chi connectivity index (χ1) is 9.45. The van der Waals surface area contributed by atoms with Crippen LogP contribution >= 0.6 is 0 Å². The summed E-state index contributed by atoms with van der Waals surface area (Å²) in [6, 6.07) is 6.04. The third kappa shape index (κ3) is 3.27. The van der Waals surface area contributed by atoms with E-state index in [0.717, 1.165) is 24.5 Å². The summed E-state index contributed by atoms with van der Waals surface area (Å²) in [5, 5.41) is 9.10. The van der Waals surface area contributed by atoms with Crippen molar-refractivity contribution in [3.05, 3.63) is 23.4 Å². The first-order valence-electron chi connectivity index (χ1n) is 6.74. The Morgan fingerprint density at radius 1 is 1.55 bits per heavy atom. The normalized spacial score (nSPS) is 21.6. The average Bonchev–Trinajstić information content (AvgIpc) is 2.37. The fraction of sp³-hybridized carbons (Fsp3) is 0.600. The molecule has 0 bridgehead atoms. The van der Waals surface area contributed by atoms with Crippen molar-refractivity contribution in [2.24, 2.45) is 0 Å². The van der Waals surface area contributed by atoms with Gasteiger partial charge in [0.25, 0.3) is 0 Å². The van der Waals surface area contributed by atoms with Crippen molar-refractivity contribution in [2.75, 3.05) is 31.7 Å². The largest absolute Gasteiger partial charge is 0.382 e. The second-order valence-electron chi connectivity index (χ2n) is 5.78. The Morgan fingerprint density at radius 3 is 2.95 bits per heavy atom. The van der Waals surface area contributed by atoms with Gasteiger partial charge in [0.1, 0.15) is 17.6 Å². The van der Waals surface area contributed by atoms with Crippen LogP contribution in [-0.2, 0) is 9.47 Å². The number of morpholine rings is 1. The molecule has 1 atom stereocenters. The summed E-state index contributed by atoms with van der Waals surface area (Å²) < 4.78 is 11.2. The van der Waals surface area contributed by atoms with Gasteiger partial charge < -0.3 is 14.4 Å². The van der Waals surface area contributed by atoms with Crippen LogP contribution in [0.15, 0.2) is 12.1 Å². The highest BCUT2D eigenvalue weighted by Gasteiger charge is 2.34. The number of aryl methyl sites for hydroxylation is 1. The van der Waals surface area contributed by atoms with Crippen LogP contribution < -0.4 is 4.90 Å². The van der Waals surface area contributed by atoms with E-state index in [1.165, 1.54) is 0 Å². The summed E-state index contributed by atoms with van der Waals surface area (Å²) in [5.74, 6) is 0.824. The van der Waals surface area contributed by atoms with Gasteiger partial charge in [0.15, 0.2) is 0 Å². The Morgan fingerprint density at radius 2 is 2.30 bits per heavy atom. The van der Waals surface area contributed by atoms with Crippen LogP contribution in [0.25, 0.3) is 0 Å². The number of nitriles is 1. The smallest absolute Gasteiger partial charge is 0.145 e. The Hall–Kier alpha value is -1.64. The predicted octanol–water partition coefficient (Wildman–Crippen LogP) is 1.89. The monoisotopic (exact) mass is 275 g/mol. The summed E-state index contributed by atoms with van der Waals surface area (Å²) in [4.78, 5) is 6.60. The lowest BCUT2D eigenvalue weighted by atomic mass is 10.1. The molecule has 0 saturated carbocycles. The fourth-order valence-electron chi connectivity index (χ4n) is 2.55. The number of ether oxygens (including phenoxy) is 2. The maximum absolute atomic E-state index is 9.10. The van der Waals surface area contributed by atoms with Gasteiger partial charge in [-0.1, -0.05) is 6.07 Å². The van der Waals surface area contributed by atoms with E-state index in [-0.39, 0.29) is 11.7 Å². The standard InChI is InChI=1S/C15H21N3O2/c1-11-5-6-14(17-13(11)7-16)18-8-12(9-19-4)20-15(2,3)10-18/h5-6,12H,8-10H2,1-4H3/t12-/m1/s1. The molecular formula is C15H21N3O2. The lowest BCUT2D eigenvalue weighted by molar-refractivity contribution is -0.106. The van der Waals surface area contributed by atoms with Gasteiger partial charge in [-0.2, -0.15) is 5.26 Å². The molecule has 0 amide bonds. The lowest BCUT2D eigenvalue weighted by Gasteiger charge is -2.43. The number of pyridine rings is 1. The minimum absolute atomic E-state index is 0.0115. The van der Waals surface area contributed by atoms with E-state index in [0.29, 0.717) is 12.3 Å². The van der Waals surface area contributed by atoms with Crippen molar-refractivity contribution in [1.29, 1.82) is 5.26 Å². The molecule has 0 aromatic carbocycles. The van der Waals surface area contributed by atoms with Crippen LogP contribution in [0.4, 0.5) is 5.82 Å². The quantitative estimate of drug-likeness (QED) is 0.843. The first-order valence-corrected chi connectivity index (χ1v) is 6.74. The molecule has 0 unspecified atom stereocenters. The molecule has 1 fully saturated rings. The van der Waals surface area contributed by atoms with Gasteiger partial charge in [0.2, 0.25) is 0 Å². The molecule has 5 heteroatoms. The van der Waals surface area contributed by atoms with Gasteiger partial charge in [0.05, 0.1) is 18.3 Å². The maximum atomic E-state index is 9.10. The second-order valence-corrected chi connectivity index (χ2v) is 5.78. The molecule has 0 aliphatic carbocycles. The zero-order valence-electron chi connectivity index (χ0n) is 12.5. The SMILES string of the molecule is COC[C@H]1CN(c2ccc(C)c(C#N)n2)CC(C)(C)O1. The third-order valence-electron chi connectivity index (χ3n) is 3.35. The van der Waals surface area contributed by atoms with E-state index in [1.54, 1.807) is 7.11 Å². The molecule has 20 heavy (non-hydrogen) atoms. The molecule has 0 radical (unpaired) electrons.